The molecule has 0 amide bonds. The highest BCUT2D eigenvalue weighted by atomic mass is 35.5. The smallest absolute Gasteiger partial charge is 0.235 e. The van der Waals surface area contributed by atoms with Crippen LogP contribution in [0.25, 0.3) is 0 Å². The molecule has 0 atom stereocenters. The van der Waals surface area contributed by atoms with Gasteiger partial charge in [-0.25, -0.2) is 13.8 Å². The summed E-state index contributed by atoms with van der Waals surface area (Å²) in [6.45, 7) is 0. The van der Waals surface area contributed by atoms with E-state index in [9.17, 15) is 22.0 Å². The molecular weight excluding hydrogens is 229 g/mol. The van der Waals surface area contributed by atoms with Gasteiger partial charge >= 0.3 is 6.18 Å². The molecule has 7 heteroatoms. The number of nitrogens with zero attached hydrogens (tertiary/aromatic N) is 1. The van der Waals surface area contributed by atoms with Crippen molar-refractivity contribution in [2.45, 2.75) is 12.6 Å². The summed E-state index contributed by atoms with van der Waals surface area (Å²) in [4.78, 5) is 3.06. The molecule has 0 fully saturated rings. The zero-order valence-electron chi connectivity index (χ0n) is 6.45. The molecule has 0 aliphatic carbocycles. The third-order valence-corrected chi connectivity index (χ3v) is 1.56. The van der Waals surface area contributed by atoms with Crippen LogP contribution in [0.4, 0.5) is 22.0 Å². The van der Waals surface area contributed by atoms with Crippen molar-refractivity contribution in [3.05, 3.63) is 28.5 Å². The molecule has 0 aliphatic heterocycles. The fourth-order valence-corrected chi connectivity index (χ4v) is 1.01. The van der Waals surface area contributed by atoms with Crippen molar-refractivity contribution in [3.8, 4) is 0 Å². The van der Waals surface area contributed by atoms with Gasteiger partial charge in [0.15, 0.2) is 0 Å². The van der Waals surface area contributed by atoms with Gasteiger partial charge in [-0.3, -0.25) is 0 Å². The maximum Gasteiger partial charge on any atom is 0.416 e. The van der Waals surface area contributed by atoms with Crippen molar-refractivity contribution in [3.63, 3.8) is 0 Å². The van der Waals surface area contributed by atoms with Crippen LogP contribution in [-0.2, 0) is 6.18 Å². The van der Waals surface area contributed by atoms with Gasteiger partial charge in [0.1, 0.15) is 10.8 Å². The van der Waals surface area contributed by atoms with Gasteiger partial charge in [0.2, 0.25) is 0 Å². The summed E-state index contributed by atoms with van der Waals surface area (Å²) >= 11 is 5.16. The number of halogens is 6. The number of alkyl halides is 5. The van der Waals surface area contributed by atoms with E-state index in [0.29, 0.717) is 6.07 Å². The number of hydrogen-bond donors (Lipinski definition) is 0. The average molecular weight is 232 g/mol. The average Bonchev–Trinajstić information content (AvgIpc) is 2.01. The number of hydrogen-bond acceptors (Lipinski definition) is 1. The van der Waals surface area contributed by atoms with E-state index >= 15 is 0 Å². The molecule has 0 saturated carbocycles. The number of pyridine rings is 1. The second kappa shape index (κ2) is 3.68. The first-order chi connectivity index (χ1) is 6.30. The molecule has 0 N–H and O–H groups in total. The van der Waals surface area contributed by atoms with E-state index < -0.39 is 29.0 Å². The highest BCUT2D eigenvalue weighted by molar-refractivity contribution is 6.29. The third kappa shape index (κ3) is 2.54. The summed E-state index contributed by atoms with van der Waals surface area (Å²) < 4.78 is 60.3. The molecular formula is C7H3ClF5N. The summed E-state index contributed by atoms with van der Waals surface area (Å²) in [5, 5.41) is -0.602. The zero-order chi connectivity index (χ0) is 10.9. The normalized spacial score (nSPS) is 12.2. The van der Waals surface area contributed by atoms with E-state index in [4.69, 9.17) is 11.6 Å². The lowest BCUT2D eigenvalue weighted by molar-refractivity contribution is -0.137. The van der Waals surface area contributed by atoms with E-state index in [2.05, 4.69) is 4.98 Å². The lowest BCUT2D eigenvalue weighted by Gasteiger charge is -2.08. The van der Waals surface area contributed by atoms with Crippen LogP contribution in [0, 0.1) is 0 Å². The van der Waals surface area contributed by atoms with Crippen LogP contribution in [0.15, 0.2) is 12.1 Å². The maximum absolute atomic E-state index is 12.1. The van der Waals surface area contributed by atoms with Crippen LogP contribution in [0.5, 0.6) is 0 Å². The second-order valence-electron chi connectivity index (χ2n) is 2.40. The largest absolute Gasteiger partial charge is 0.416 e. The van der Waals surface area contributed by atoms with E-state index in [1.54, 1.807) is 0 Å². The first kappa shape index (κ1) is 11.2. The van der Waals surface area contributed by atoms with Crippen LogP contribution in [0.2, 0.25) is 5.15 Å². The summed E-state index contributed by atoms with van der Waals surface area (Å²) in [6.07, 6.45) is -7.77. The van der Waals surface area contributed by atoms with Gasteiger partial charge < -0.3 is 0 Å². The minimum Gasteiger partial charge on any atom is -0.235 e. The molecule has 0 unspecified atom stereocenters. The monoisotopic (exact) mass is 231 g/mol. The van der Waals surface area contributed by atoms with E-state index in [-0.39, 0.29) is 6.07 Å². The van der Waals surface area contributed by atoms with Gasteiger partial charge in [-0.1, -0.05) is 11.6 Å². The molecule has 0 radical (unpaired) electrons. The Labute approximate surface area is 80.5 Å². The summed E-state index contributed by atoms with van der Waals surface area (Å²) in [7, 11) is 0. The molecule has 78 valence electrons. The molecule has 1 nitrogen and oxygen atoms in total. The molecule has 1 rings (SSSR count). The van der Waals surface area contributed by atoms with Gasteiger partial charge in [0.05, 0.1) is 5.56 Å². The van der Waals surface area contributed by atoms with Crippen molar-refractivity contribution < 1.29 is 22.0 Å². The Hall–Kier alpha value is -0.910. The number of rotatable bonds is 1. The van der Waals surface area contributed by atoms with Crippen molar-refractivity contribution in [1.82, 2.24) is 4.98 Å². The molecule has 1 aromatic heterocycles. The maximum atomic E-state index is 12.1. The molecule has 1 heterocycles. The minimum atomic E-state index is -4.70. The lowest BCUT2D eigenvalue weighted by atomic mass is 10.2. The molecule has 0 aromatic carbocycles. The molecule has 0 aliphatic rings. The lowest BCUT2D eigenvalue weighted by Crippen LogP contribution is -2.07. The summed E-state index contributed by atoms with van der Waals surface area (Å²) in [6, 6.07) is 0.768. The molecule has 0 bridgehead atoms. The minimum absolute atomic E-state index is 0.274. The highest BCUT2D eigenvalue weighted by Crippen LogP contribution is 2.32. The van der Waals surface area contributed by atoms with Crippen LogP contribution in [0.1, 0.15) is 17.7 Å². The van der Waals surface area contributed by atoms with Crippen molar-refractivity contribution in [2.75, 3.05) is 0 Å². The van der Waals surface area contributed by atoms with E-state index in [1.807, 2.05) is 0 Å². The Morgan fingerprint density at radius 2 is 1.79 bits per heavy atom. The topological polar surface area (TPSA) is 12.9 Å². The Balaban J connectivity index is 3.21. The zero-order valence-corrected chi connectivity index (χ0v) is 7.20. The number of aromatic nitrogens is 1. The Kier molecular flexibility index (Phi) is 2.94. The second-order valence-corrected chi connectivity index (χ2v) is 2.79. The summed E-state index contributed by atoms with van der Waals surface area (Å²) in [5.41, 5.74) is -2.21. The highest BCUT2D eigenvalue weighted by Gasteiger charge is 2.32. The Morgan fingerprint density at radius 3 is 2.21 bits per heavy atom. The van der Waals surface area contributed by atoms with Gasteiger partial charge in [-0.05, 0) is 12.1 Å². The predicted octanol–water partition coefficient (Wildman–Crippen LogP) is 3.69. The Bertz CT molecular complexity index is 335. The quantitative estimate of drug-likeness (QED) is 0.531. The SMILES string of the molecule is FC(F)c1cc(C(F)(F)F)cc(Cl)n1. The van der Waals surface area contributed by atoms with Crippen LogP contribution in [-0.4, -0.2) is 4.98 Å². The first-order valence-corrected chi connectivity index (χ1v) is 3.71. The van der Waals surface area contributed by atoms with Crippen LogP contribution < -0.4 is 0 Å². The predicted molar refractivity (Wildman–Crippen MR) is 39.2 cm³/mol. The first-order valence-electron chi connectivity index (χ1n) is 3.33. The van der Waals surface area contributed by atoms with E-state index in [0.717, 1.165) is 0 Å². The van der Waals surface area contributed by atoms with E-state index in [1.165, 1.54) is 0 Å². The van der Waals surface area contributed by atoms with Gasteiger partial charge in [-0.15, -0.1) is 0 Å². The fraction of sp³-hybridized carbons (Fsp3) is 0.286. The molecule has 0 spiro atoms. The van der Waals surface area contributed by atoms with Gasteiger partial charge in [0, 0.05) is 0 Å². The van der Waals surface area contributed by atoms with Crippen molar-refractivity contribution >= 4 is 11.6 Å². The van der Waals surface area contributed by atoms with Crippen LogP contribution >= 0.6 is 11.6 Å². The van der Waals surface area contributed by atoms with Crippen molar-refractivity contribution in [2.24, 2.45) is 0 Å². The molecule has 0 saturated heterocycles. The summed E-state index contributed by atoms with van der Waals surface area (Å²) in [5.74, 6) is 0. The molecule has 1 aromatic rings. The molecule has 14 heavy (non-hydrogen) atoms. The third-order valence-electron chi connectivity index (χ3n) is 1.36. The van der Waals surface area contributed by atoms with Crippen LogP contribution in [0.3, 0.4) is 0 Å². The van der Waals surface area contributed by atoms with Crippen molar-refractivity contribution in [1.29, 1.82) is 0 Å². The van der Waals surface area contributed by atoms with Gasteiger partial charge in [0.25, 0.3) is 6.43 Å². The Morgan fingerprint density at radius 1 is 1.21 bits per heavy atom. The standard InChI is InChI=1S/C7H3ClF5N/c8-5-2-3(7(11,12)13)1-4(14-5)6(9)10/h1-2,6H. The fourth-order valence-electron chi connectivity index (χ4n) is 0.793. The van der Waals surface area contributed by atoms with Gasteiger partial charge in [-0.2, -0.15) is 13.2 Å².